The highest BCUT2D eigenvalue weighted by Gasteiger charge is 2.25. The normalized spacial score (nSPS) is 11.9. The van der Waals surface area contributed by atoms with E-state index in [9.17, 15) is 0 Å². The lowest BCUT2D eigenvalue weighted by atomic mass is 9.92. The molecule has 0 aliphatic rings. The molecule has 102 valence electrons. The van der Waals surface area contributed by atoms with Crippen molar-refractivity contribution >= 4 is 40.6 Å². The monoisotopic (exact) mass is 317 g/mol. The molecule has 0 fully saturated rings. The molecule has 6 heteroatoms. The maximum Gasteiger partial charge on any atom is 0.146 e. The minimum Gasteiger partial charge on any atom is -0.382 e. The molecule has 0 radical (unpaired) electrons. The van der Waals surface area contributed by atoms with Gasteiger partial charge in [0.2, 0.25) is 0 Å². The molecule has 0 atom stereocenters. The van der Waals surface area contributed by atoms with Crippen molar-refractivity contribution in [1.82, 2.24) is 9.78 Å². The number of hydrogen-bond acceptors (Lipinski definition) is 2. The second kappa shape index (κ2) is 4.89. The summed E-state index contributed by atoms with van der Waals surface area (Å²) in [6.45, 7) is 6.08. The van der Waals surface area contributed by atoms with Gasteiger partial charge >= 0.3 is 0 Å². The number of nitrogens with two attached hydrogens (primary N) is 1. The summed E-state index contributed by atoms with van der Waals surface area (Å²) >= 11 is 18.2. The summed E-state index contributed by atoms with van der Waals surface area (Å²) in [6, 6.07) is 5.20. The Morgan fingerprint density at radius 3 is 2.21 bits per heavy atom. The average Bonchev–Trinajstić information content (AvgIpc) is 2.60. The first-order valence-electron chi connectivity index (χ1n) is 5.71. The SMILES string of the molecule is CC(C)(C)c1nn(-c2ccc(Cl)c(Cl)c2)c(N)c1Cl. The molecule has 0 amide bonds. The summed E-state index contributed by atoms with van der Waals surface area (Å²) in [5, 5.41) is 5.88. The molecular formula is C13H14Cl3N3. The van der Waals surface area contributed by atoms with E-state index in [1.54, 1.807) is 22.9 Å². The average molecular weight is 319 g/mol. The standard InChI is InChI=1S/C13H14Cl3N3/c1-13(2,3)11-10(16)12(17)19(18-11)7-4-5-8(14)9(15)6-7/h4-6H,17H2,1-3H3. The van der Waals surface area contributed by atoms with E-state index in [2.05, 4.69) is 5.10 Å². The molecule has 0 aliphatic carbocycles. The van der Waals surface area contributed by atoms with Crippen LogP contribution in [0.1, 0.15) is 26.5 Å². The molecule has 1 heterocycles. The zero-order valence-electron chi connectivity index (χ0n) is 10.8. The van der Waals surface area contributed by atoms with Crippen molar-refractivity contribution in [3.63, 3.8) is 0 Å². The van der Waals surface area contributed by atoms with E-state index in [0.29, 0.717) is 20.9 Å². The number of halogens is 3. The summed E-state index contributed by atoms with van der Waals surface area (Å²) in [5.41, 5.74) is 7.30. The van der Waals surface area contributed by atoms with Crippen LogP contribution < -0.4 is 5.73 Å². The van der Waals surface area contributed by atoms with E-state index in [1.165, 1.54) is 0 Å². The van der Waals surface area contributed by atoms with E-state index in [-0.39, 0.29) is 5.41 Å². The van der Waals surface area contributed by atoms with Gasteiger partial charge in [-0.1, -0.05) is 55.6 Å². The van der Waals surface area contributed by atoms with E-state index >= 15 is 0 Å². The second-order valence-electron chi connectivity index (χ2n) is 5.31. The maximum absolute atomic E-state index is 6.25. The van der Waals surface area contributed by atoms with Crippen LogP contribution in [0.25, 0.3) is 5.69 Å². The lowest BCUT2D eigenvalue weighted by molar-refractivity contribution is 0.560. The fourth-order valence-corrected chi connectivity index (χ4v) is 2.40. The van der Waals surface area contributed by atoms with E-state index in [0.717, 1.165) is 11.4 Å². The zero-order valence-corrected chi connectivity index (χ0v) is 13.1. The van der Waals surface area contributed by atoms with Crippen molar-refractivity contribution in [2.24, 2.45) is 0 Å². The lowest BCUT2D eigenvalue weighted by Crippen LogP contribution is -2.13. The molecule has 0 aliphatic heterocycles. The number of aromatic nitrogens is 2. The Morgan fingerprint density at radius 2 is 1.74 bits per heavy atom. The number of anilines is 1. The quantitative estimate of drug-likeness (QED) is 0.827. The topological polar surface area (TPSA) is 43.8 Å². The van der Waals surface area contributed by atoms with E-state index < -0.39 is 0 Å². The minimum absolute atomic E-state index is 0.188. The summed E-state index contributed by atoms with van der Waals surface area (Å²) in [6.07, 6.45) is 0. The van der Waals surface area contributed by atoms with Gasteiger partial charge in [-0.3, -0.25) is 0 Å². The molecule has 2 rings (SSSR count). The third kappa shape index (κ3) is 2.69. The third-order valence-electron chi connectivity index (χ3n) is 2.72. The van der Waals surface area contributed by atoms with Gasteiger partial charge in [-0.25, -0.2) is 4.68 Å². The van der Waals surface area contributed by atoms with Gasteiger partial charge in [-0.05, 0) is 18.2 Å². The van der Waals surface area contributed by atoms with Gasteiger partial charge < -0.3 is 5.73 Å². The molecule has 0 bridgehead atoms. The summed E-state index contributed by atoms with van der Waals surface area (Å²) < 4.78 is 1.57. The Bertz CT molecular complexity index is 627. The molecule has 3 nitrogen and oxygen atoms in total. The van der Waals surface area contributed by atoms with Crippen LogP contribution in [0.5, 0.6) is 0 Å². The Balaban J connectivity index is 2.60. The molecule has 1 aromatic heterocycles. The van der Waals surface area contributed by atoms with Crippen LogP contribution in [-0.2, 0) is 5.41 Å². The molecule has 0 spiro atoms. The molecular weight excluding hydrogens is 305 g/mol. The summed E-state index contributed by atoms with van der Waals surface area (Å²) in [4.78, 5) is 0. The molecule has 0 saturated heterocycles. The number of rotatable bonds is 1. The molecule has 2 aromatic rings. The van der Waals surface area contributed by atoms with Gasteiger partial charge in [0.25, 0.3) is 0 Å². The van der Waals surface area contributed by atoms with E-state index in [1.807, 2.05) is 20.8 Å². The third-order valence-corrected chi connectivity index (χ3v) is 3.83. The lowest BCUT2D eigenvalue weighted by Gasteiger charge is -2.15. The highest BCUT2D eigenvalue weighted by molar-refractivity contribution is 6.42. The van der Waals surface area contributed by atoms with Crippen molar-refractivity contribution in [3.05, 3.63) is 39.0 Å². The Morgan fingerprint density at radius 1 is 1.11 bits per heavy atom. The van der Waals surface area contributed by atoms with Crippen molar-refractivity contribution in [2.45, 2.75) is 26.2 Å². The largest absolute Gasteiger partial charge is 0.382 e. The Labute approximate surface area is 127 Å². The smallest absolute Gasteiger partial charge is 0.146 e. The van der Waals surface area contributed by atoms with Crippen LogP contribution >= 0.6 is 34.8 Å². The van der Waals surface area contributed by atoms with Gasteiger partial charge in [0.05, 0.1) is 21.4 Å². The van der Waals surface area contributed by atoms with Gasteiger partial charge in [0.1, 0.15) is 10.8 Å². The number of benzene rings is 1. The fraction of sp³-hybridized carbons (Fsp3) is 0.308. The predicted molar refractivity (Wildman–Crippen MR) is 81.7 cm³/mol. The van der Waals surface area contributed by atoms with Crippen molar-refractivity contribution in [2.75, 3.05) is 5.73 Å². The van der Waals surface area contributed by atoms with Crippen LogP contribution in [0.4, 0.5) is 5.82 Å². The van der Waals surface area contributed by atoms with E-state index in [4.69, 9.17) is 40.5 Å². The molecule has 1 aromatic carbocycles. The number of nitrogen functional groups attached to an aromatic ring is 1. The fourth-order valence-electron chi connectivity index (χ4n) is 1.70. The van der Waals surface area contributed by atoms with Crippen molar-refractivity contribution < 1.29 is 0 Å². The molecule has 0 saturated carbocycles. The predicted octanol–water partition coefficient (Wildman–Crippen LogP) is 4.71. The van der Waals surface area contributed by atoms with Gasteiger partial charge in [0, 0.05) is 5.41 Å². The molecule has 19 heavy (non-hydrogen) atoms. The molecule has 0 unspecified atom stereocenters. The van der Waals surface area contributed by atoms with Crippen LogP contribution in [0.15, 0.2) is 18.2 Å². The molecule has 2 N–H and O–H groups in total. The van der Waals surface area contributed by atoms with Crippen molar-refractivity contribution in [3.8, 4) is 5.69 Å². The summed E-state index contributed by atoms with van der Waals surface area (Å²) in [5.74, 6) is 0.394. The Kier molecular flexibility index (Phi) is 3.74. The first kappa shape index (κ1) is 14.5. The first-order valence-corrected chi connectivity index (χ1v) is 6.85. The van der Waals surface area contributed by atoms with Crippen LogP contribution in [-0.4, -0.2) is 9.78 Å². The van der Waals surface area contributed by atoms with Crippen LogP contribution in [0, 0.1) is 0 Å². The van der Waals surface area contributed by atoms with Gasteiger partial charge in [0.15, 0.2) is 0 Å². The number of hydrogen-bond donors (Lipinski definition) is 1. The second-order valence-corrected chi connectivity index (χ2v) is 6.50. The highest BCUT2D eigenvalue weighted by Crippen LogP contribution is 2.35. The first-order chi connectivity index (χ1) is 8.71. The van der Waals surface area contributed by atoms with Crippen molar-refractivity contribution in [1.29, 1.82) is 0 Å². The maximum atomic E-state index is 6.25. The van der Waals surface area contributed by atoms with Crippen LogP contribution in [0.2, 0.25) is 15.1 Å². The minimum atomic E-state index is -0.188. The zero-order chi connectivity index (χ0) is 14.4. The van der Waals surface area contributed by atoms with Crippen LogP contribution in [0.3, 0.4) is 0 Å². The van der Waals surface area contributed by atoms with Gasteiger partial charge in [-0.15, -0.1) is 0 Å². The Hall–Kier alpha value is -0.900. The van der Waals surface area contributed by atoms with Gasteiger partial charge in [-0.2, -0.15) is 5.10 Å². The summed E-state index contributed by atoms with van der Waals surface area (Å²) in [7, 11) is 0. The highest BCUT2D eigenvalue weighted by atomic mass is 35.5. The number of nitrogens with zero attached hydrogens (tertiary/aromatic N) is 2.